The predicted molar refractivity (Wildman–Crippen MR) is 279 cm³/mol. The van der Waals surface area contributed by atoms with Crippen molar-refractivity contribution in [1.29, 1.82) is 0 Å². The monoisotopic (exact) mass is 899 g/mol. The van der Waals surface area contributed by atoms with Crippen LogP contribution in [0.25, 0.3) is 0 Å². The Balaban J connectivity index is 4.21. The number of carbonyl (C=O) groups excluding carboxylic acids is 2. The van der Waals surface area contributed by atoms with Crippen LogP contribution in [0.2, 0.25) is 0 Å². The van der Waals surface area contributed by atoms with E-state index in [2.05, 4.69) is 57.2 Å². The summed E-state index contributed by atoms with van der Waals surface area (Å²) < 4.78 is 17.5. The molecule has 0 saturated heterocycles. The van der Waals surface area contributed by atoms with Crippen LogP contribution in [-0.4, -0.2) is 37.9 Å². The highest BCUT2D eigenvalue weighted by molar-refractivity contribution is 5.70. The Morgan fingerprint density at radius 2 is 0.703 bits per heavy atom. The van der Waals surface area contributed by atoms with Gasteiger partial charge in [0.05, 0.1) is 6.61 Å². The summed E-state index contributed by atoms with van der Waals surface area (Å²) >= 11 is 0. The Morgan fingerprint density at radius 1 is 0.359 bits per heavy atom. The molecule has 1 atom stereocenters. The molecule has 64 heavy (non-hydrogen) atoms. The van der Waals surface area contributed by atoms with Crippen molar-refractivity contribution in [2.45, 2.75) is 309 Å². The minimum absolute atomic E-state index is 0.0850. The van der Waals surface area contributed by atoms with Gasteiger partial charge in [-0.05, 0) is 51.4 Å². The summed E-state index contributed by atoms with van der Waals surface area (Å²) in [7, 11) is 0. The number of rotatable bonds is 53. The molecule has 5 heteroatoms. The maximum absolute atomic E-state index is 12.8. The quantitative estimate of drug-likeness (QED) is 0.0346. The van der Waals surface area contributed by atoms with Crippen LogP contribution in [-0.2, 0) is 23.8 Å². The lowest BCUT2D eigenvalue weighted by Gasteiger charge is -2.18. The van der Waals surface area contributed by atoms with Gasteiger partial charge in [0.15, 0.2) is 6.10 Å². The highest BCUT2D eigenvalue weighted by Gasteiger charge is 2.17. The summed E-state index contributed by atoms with van der Waals surface area (Å²) in [5.74, 6) is -0.396. The summed E-state index contributed by atoms with van der Waals surface area (Å²) in [6, 6.07) is 0. The van der Waals surface area contributed by atoms with Crippen LogP contribution in [0.3, 0.4) is 0 Å². The zero-order valence-electron chi connectivity index (χ0n) is 43.3. The van der Waals surface area contributed by atoms with Gasteiger partial charge in [0.1, 0.15) is 6.61 Å². The molecule has 5 nitrogen and oxygen atoms in total. The second-order valence-corrected chi connectivity index (χ2v) is 19.2. The molecule has 0 aliphatic carbocycles. The van der Waals surface area contributed by atoms with Gasteiger partial charge in [-0.25, -0.2) is 0 Å². The van der Waals surface area contributed by atoms with Gasteiger partial charge in [-0.3, -0.25) is 9.59 Å². The number of allylic oxidation sites excluding steroid dienone is 6. The predicted octanol–water partition coefficient (Wildman–Crippen LogP) is 19.4. The maximum atomic E-state index is 12.8. The van der Waals surface area contributed by atoms with Gasteiger partial charge in [-0.15, -0.1) is 0 Å². The molecule has 0 N–H and O–H groups in total. The normalized spacial score (nSPS) is 12.4. The van der Waals surface area contributed by atoms with E-state index in [9.17, 15) is 9.59 Å². The second kappa shape index (κ2) is 55.4. The maximum Gasteiger partial charge on any atom is 0.306 e. The van der Waals surface area contributed by atoms with E-state index in [-0.39, 0.29) is 25.2 Å². The molecule has 0 fully saturated rings. The van der Waals surface area contributed by atoms with Gasteiger partial charge in [-0.2, -0.15) is 0 Å². The largest absolute Gasteiger partial charge is 0.462 e. The lowest BCUT2D eigenvalue weighted by molar-refractivity contribution is -0.163. The van der Waals surface area contributed by atoms with E-state index in [1.807, 2.05) is 0 Å². The van der Waals surface area contributed by atoms with Gasteiger partial charge in [0.25, 0.3) is 0 Å². The van der Waals surface area contributed by atoms with E-state index in [0.717, 1.165) is 64.2 Å². The molecule has 0 amide bonds. The zero-order valence-corrected chi connectivity index (χ0v) is 43.3. The Kier molecular flexibility index (Phi) is 53.8. The number of hydrogen-bond acceptors (Lipinski definition) is 5. The Morgan fingerprint density at radius 3 is 1.12 bits per heavy atom. The first-order valence-corrected chi connectivity index (χ1v) is 28.5. The van der Waals surface area contributed by atoms with Gasteiger partial charge >= 0.3 is 11.9 Å². The van der Waals surface area contributed by atoms with E-state index >= 15 is 0 Å². The molecular weight excluding hydrogens is 789 g/mol. The molecule has 376 valence electrons. The average molecular weight is 900 g/mol. The molecule has 0 aromatic carbocycles. The first-order chi connectivity index (χ1) is 31.6. The smallest absolute Gasteiger partial charge is 0.306 e. The topological polar surface area (TPSA) is 61.8 Å². The lowest BCUT2D eigenvalue weighted by Crippen LogP contribution is -2.30. The van der Waals surface area contributed by atoms with Crippen molar-refractivity contribution < 1.29 is 23.8 Å². The van der Waals surface area contributed by atoms with Gasteiger partial charge in [-0.1, -0.05) is 276 Å². The van der Waals surface area contributed by atoms with Crippen LogP contribution in [0.15, 0.2) is 36.5 Å². The fraction of sp³-hybridized carbons (Fsp3) is 0.864. The number of ether oxygens (including phenoxy) is 3. The molecule has 1 unspecified atom stereocenters. The number of hydrogen-bond donors (Lipinski definition) is 0. The standard InChI is InChI=1S/C59H110O5/c1-4-7-10-13-16-19-22-25-28-29-30-31-33-34-37-40-43-46-49-52-58(60)63-56-57(55-62-54-51-48-45-42-39-36-27-24-21-18-15-12-9-6-3)64-59(61)53-50-47-44-41-38-35-32-26-23-20-17-14-11-8-5-2/h8,11,17,20,26,32,57H,4-7,9-10,12-16,18-19,21-25,27-31,33-56H2,1-3H3/b11-8-,20-17-,32-26-. The van der Waals surface area contributed by atoms with Crippen molar-refractivity contribution in [1.82, 2.24) is 0 Å². The summed E-state index contributed by atoms with van der Waals surface area (Å²) in [6.45, 7) is 7.77. The number of esters is 2. The van der Waals surface area contributed by atoms with E-state index in [4.69, 9.17) is 14.2 Å². The molecule has 0 rings (SSSR count). The molecule has 0 heterocycles. The Hall–Kier alpha value is -1.88. The van der Waals surface area contributed by atoms with Gasteiger partial charge in [0.2, 0.25) is 0 Å². The van der Waals surface area contributed by atoms with Crippen molar-refractivity contribution >= 4 is 11.9 Å². The molecule has 0 spiro atoms. The van der Waals surface area contributed by atoms with Crippen molar-refractivity contribution in [2.75, 3.05) is 19.8 Å². The zero-order chi connectivity index (χ0) is 46.3. The average Bonchev–Trinajstić information content (AvgIpc) is 3.30. The minimum atomic E-state index is -0.539. The molecule has 0 saturated carbocycles. The molecule has 0 aliphatic rings. The summed E-state index contributed by atoms with van der Waals surface area (Å²) in [6.07, 6.45) is 67.4. The van der Waals surface area contributed by atoms with E-state index < -0.39 is 6.10 Å². The van der Waals surface area contributed by atoms with Crippen molar-refractivity contribution in [3.8, 4) is 0 Å². The highest BCUT2D eigenvalue weighted by atomic mass is 16.6. The lowest BCUT2D eigenvalue weighted by atomic mass is 10.0. The highest BCUT2D eigenvalue weighted by Crippen LogP contribution is 2.17. The molecule has 0 radical (unpaired) electrons. The third kappa shape index (κ3) is 52.7. The first-order valence-electron chi connectivity index (χ1n) is 28.5. The van der Waals surface area contributed by atoms with Crippen molar-refractivity contribution in [3.05, 3.63) is 36.5 Å². The fourth-order valence-corrected chi connectivity index (χ4v) is 8.47. The van der Waals surface area contributed by atoms with Crippen LogP contribution in [0.5, 0.6) is 0 Å². The van der Waals surface area contributed by atoms with Gasteiger partial charge < -0.3 is 14.2 Å². The summed E-state index contributed by atoms with van der Waals surface area (Å²) in [5.41, 5.74) is 0. The van der Waals surface area contributed by atoms with Crippen molar-refractivity contribution in [2.24, 2.45) is 0 Å². The van der Waals surface area contributed by atoms with E-state index in [0.29, 0.717) is 19.4 Å². The Bertz CT molecular complexity index is 1020. The molecule has 0 aromatic rings. The number of unbranched alkanes of at least 4 members (excludes halogenated alkanes) is 36. The Labute approximate surface area is 400 Å². The van der Waals surface area contributed by atoms with Crippen LogP contribution in [0, 0.1) is 0 Å². The van der Waals surface area contributed by atoms with Crippen LogP contribution in [0.1, 0.15) is 303 Å². The second-order valence-electron chi connectivity index (χ2n) is 19.2. The molecule has 0 aromatic heterocycles. The van der Waals surface area contributed by atoms with E-state index in [1.165, 1.54) is 205 Å². The minimum Gasteiger partial charge on any atom is -0.462 e. The first kappa shape index (κ1) is 62.1. The number of carbonyl (C=O) groups is 2. The van der Waals surface area contributed by atoms with Gasteiger partial charge in [0, 0.05) is 19.4 Å². The van der Waals surface area contributed by atoms with Crippen molar-refractivity contribution in [3.63, 3.8) is 0 Å². The van der Waals surface area contributed by atoms with E-state index in [1.54, 1.807) is 0 Å². The third-order valence-electron chi connectivity index (χ3n) is 12.7. The van der Waals surface area contributed by atoms with Crippen LogP contribution >= 0.6 is 0 Å². The molecule has 0 aliphatic heterocycles. The SMILES string of the molecule is CC/C=C\C/C=C\C/C=C\CCCCCCCC(=O)OC(COCCCCCCCCCCCCCCCC)COC(=O)CCCCCCCCCCCCCCCCCCCCC. The summed E-state index contributed by atoms with van der Waals surface area (Å²) in [4.78, 5) is 25.5. The third-order valence-corrected chi connectivity index (χ3v) is 12.7. The summed E-state index contributed by atoms with van der Waals surface area (Å²) in [5, 5.41) is 0. The van der Waals surface area contributed by atoms with Crippen LogP contribution in [0.4, 0.5) is 0 Å². The fourth-order valence-electron chi connectivity index (χ4n) is 8.47. The molecule has 0 bridgehead atoms. The molecular formula is C59H110O5. The van der Waals surface area contributed by atoms with Crippen LogP contribution < -0.4 is 0 Å².